The second-order valence-electron chi connectivity index (χ2n) is 7.98. The fourth-order valence-electron chi connectivity index (χ4n) is 4.32. The van der Waals surface area contributed by atoms with Gasteiger partial charge < -0.3 is 28.6 Å². The molecule has 4 heterocycles. The van der Waals surface area contributed by atoms with Gasteiger partial charge >= 0.3 is 0 Å². The Kier molecular flexibility index (Phi) is 5.55. The van der Waals surface area contributed by atoms with E-state index in [1.54, 1.807) is 11.0 Å². The molecule has 0 aromatic heterocycles. The smallest absolute Gasteiger partial charge is 0.267 e. The van der Waals surface area contributed by atoms with E-state index in [1.807, 2.05) is 0 Å². The normalized spacial score (nSPS) is 26.2. The summed E-state index contributed by atoms with van der Waals surface area (Å²) < 4.78 is 55.9. The summed E-state index contributed by atoms with van der Waals surface area (Å²) in [5.74, 6) is -0.102. The van der Waals surface area contributed by atoms with Crippen LogP contribution < -0.4 is 9.47 Å². The van der Waals surface area contributed by atoms with Crippen LogP contribution in [0.5, 0.6) is 11.5 Å². The zero-order valence-corrected chi connectivity index (χ0v) is 18.0. The number of hydrogen-bond acceptors (Lipinski definition) is 8. The number of piperidine rings is 1. The third-order valence-corrected chi connectivity index (χ3v) is 8.00. The molecule has 0 saturated carbocycles. The van der Waals surface area contributed by atoms with Gasteiger partial charge in [-0.05, 0) is 12.1 Å². The average Bonchev–Trinajstić information content (AvgIpc) is 3.26. The lowest BCUT2D eigenvalue weighted by Gasteiger charge is -2.37. The number of morpholine rings is 1. The second kappa shape index (κ2) is 8.21. The van der Waals surface area contributed by atoms with Crippen molar-refractivity contribution in [1.82, 2.24) is 9.21 Å². The van der Waals surface area contributed by atoms with Crippen LogP contribution in [0.3, 0.4) is 0 Å². The van der Waals surface area contributed by atoms with Gasteiger partial charge in [-0.2, -0.15) is 4.31 Å². The number of amides is 1. The summed E-state index contributed by atoms with van der Waals surface area (Å²) in [6.45, 7) is 3.84. The van der Waals surface area contributed by atoms with Crippen molar-refractivity contribution in [3.8, 4) is 11.5 Å². The van der Waals surface area contributed by atoms with Crippen LogP contribution >= 0.6 is 0 Å². The van der Waals surface area contributed by atoms with Crippen molar-refractivity contribution in [3.05, 3.63) is 18.2 Å². The molecule has 1 atom stereocenters. The minimum Gasteiger partial charge on any atom is -0.485 e. The summed E-state index contributed by atoms with van der Waals surface area (Å²) in [6.07, 6.45) is 0.252. The van der Waals surface area contributed by atoms with Crippen LogP contribution in [0.4, 0.5) is 0 Å². The molecule has 11 heteroatoms. The lowest BCUT2D eigenvalue weighted by Crippen LogP contribution is -2.50. The molecular formula is C20H26N2O8S. The molecule has 31 heavy (non-hydrogen) atoms. The van der Waals surface area contributed by atoms with Crippen molar-refractivity contribution in [3.63, 3.8) is 0 Å². The second-order valence-corrected chi connectivity index (χ2v) is 9.91. The Morgan fingerprint density at radius 2 is 1.68 bits per heavy atom. The third kappa shape index (κ3) is 4.00. The van der Waals surface area contributed by atoms with E-state index in [2.05, 4.69) is 0 Å². The highest BCUT2D eigenvalue weighted by atomic mass is 32.2. The molecule has 1 aromatic carbocycles. The van der Waals surface area contributed by atoms with Crippen molar-refractivity contribution in [2.45, 2.75) is 29.6 Å². The molecule has 0 N–H and O–H groups in total. The van der Waals surface area contributed by atoms with Gasteiger partial charge in [0, 0.05) is 45.1 Å². The van der Waals surface area contributed by atoms with Gasteiger partial charge in [-0.3, -0.25) is 4.79 Å². The SMILES string of the molecule is O=C([C@@H]1COc2cc(S(=O)(=O)N3CCC4(CC3)OCCO4)ccc2O1)N1CCOCC1. The first-order valence-corrected chi connectivity index (χ1v) is 12.0. The highest BCUT2D eigenvalue weighted by Crippen LogP contribution is 2.37. The van der Waals surface area contributed by atoms with Gasteiger partial charge in [-0.25, -0.2) is 8.42 Å². The van der Waals surface area contributed by atoms with E-state index in [1.165, 1.54) is 16.4 Å². The monoisotopic (exact) mass is 454 g/mol. The molecule has 4 aliphatic rings. The van der Waals surface area contributed by atoms with E-state index in [4.69, 9.17) is 23.7 Å². The van der Waals surface area contributed by atoms with E-state index in [0.29, 0.717) is 76.9 Å². The number of rotatable bonds is 3. The van der Waals surface area contributed by atoms with Gasteiger partial charge in [0.2, 0.25) is 16.1 Å². The van der Waals surface area contributed by atoms with Crippen molar-refractivity contribution < 1.29 is 36.9 Å². The van der Waals surface area contributed by atoms with Gasteiger partial charge in [0.05, 0.1) is 31.3 Å². The molecule has 3 fully saturated rings. The number of nitrogens with zero attached hydrogens (tertiary/aromatic N) is 2. The van der Waals surface area contributed by atoms with Crippen LogP contribution in [0.1, 0.15) is 12.8 Å². The minimum absolute atomic E-state index is 0.0353. The minimum atomic E-state index is -3.69. The fraction of sp³-hybridized carbons (Fsp3) is 0.650. The Balaban J connectivity index is 1.27. The van der Waals surface area contributed by atoms with Crippen LogP contribution in [-0.2, 0) is 29.0 Å². The first kappa shape index (κ1) is 21.0. The Bertz CT molecular complexity index is 930. The predicted octanol–water partition coefficient (Wildman–Crippen LogP) is 0.213. The Morgan fingerprint density at radius 1 is 0.968 bits per heavy atom. The number of carbonyl (C=O) groups is 1. The number of carbonyl (C=O) groups excluding carboxylic acids is 1. The topological polar surface area (TPSA) is 104 Å². The van der Waals surface area contributed by atoms with Crippen molar-refractivity contribution in [2.75, 3.05) is 59.2 Å². The molecule has 5 rings (SSSR count). The lowest BCUT2D eigenvalue weighted by molar-refractivity contribution is -0.179. The van der Waals surface area contributed by atoms with Gasteiger partial charge in [-0.15, -0.1) is 0 Å². The molecule has 1 spiro atoms. The maximum absolute atomic E-state index is 13.1. The summed E-state index contributed by atoms with van der Waals surface area (Å²) in [4.78, 5) is 14.5. The fourth-order valence-corrected chi connectivity index (χ4v) is 5.78. The van der Waals surface area contributed by atoms with Crippen LogP contribution in [0.15, 0.2) is 23.1 Å². The molecule has 0 bridgehead atoms. The van der Waals surface area contributed by atoms with E-state index in [9.17, 15) is 13.2 Å². The maximum atomic E-state index is 13.1. The number of fused-ring (bicyclic) bond motifs is 1. The van der Waals surface area contributed by atoms with Gasteiger partial charge in [0.1, 0.15) is 6.61 Å². The molecule has 0 unspecified atom stereocenters. The molecule has 0 aliphatic carbocycles. The predicted molar refractivity (Wildman–Crippen MR) is 106 cm³/mol. The maximum Gasteiger partial charge on any atom is 0.267 e. The van der Waals surface area contributed by atoms with Crippen LogP contribution in [0, 0.1) is 0 Å². The molecule has 0 radical (unpaired) electrons. The van der Waals surface area contributed by atoms with E-state index in [-0.39, 0.29) is 17.4 Å². The molecule has 170 valence electrons. The van der Waals surface area contributed by atoms with Crippen molar-refractivity contribution in [1.29, 1.82) is 0 Å². The quantitative estimate of drug-likeness (QED) is 0.639. The van der Waals surface area contributed by atoms with E-state index in [0.717, 1.165) is 0 Å². The van der Waals surface area contributed by atoms with Crippen LogP contribution in [0.25, 0.3) is 0 Å². The van der Waals surface area contributed by atoms with Gasteiger partial charge in [-0.1, -0.05) is 0 Å². The molecule has 1 amide bonds. The third-order valence-electron chi connectivity index (χ3n) is 6.11. The zero-order chi connectivity index (χ0) is 21.5. The summed E-state index contributed by atoms with van der Waals surface area (Å²) in [5.41, 5.74) is 0. The van der Waals surface area contributed by atoms with Gasteiger partial charge in [0.15, 0.2) is 17.3 Å². The zero-order valence-electron chi connectivity index (χ0n) is 17.2. The molecule has 3 saturated heterocycles. The number of ether oxygens (including phenoxy) is 5. The lowest BCUT2D eigenvalue weighted by atomic mass is 10.1. The Labute approximate surface area is 181 Å². The molecule has 1 aromatic rings. The number of sulfonamides is 1. The van der Waals surface area contributed by atoms with Crippen molar-refractivity contribution >= 4 is 15.9 Å². The molecule has 4 aliphatic heterocycles. The van der Waals surface area contributed by atoms with Crippen LogP contribution in [0.2, 0.25) is 0 Å². The first-order chi connectivity index (χ1) is 15.0. The van der Waals surface area contributed by atoms with Gasteiger partial charge in [0.25, 0.3) is 5.91 Å². The number of benzene rings is 1. The standard InChI is InChI=1S/C20H26N2O8S/c23-19(21-7-9-26-10-8-21)18-14-27-17-13-15(1-2-16(17)30-18)31(24,25)22-5-3-20(4-6-22)28-11-12-29-20/h1-2,13,18H,3-12,14H2/t18-/m0/s1. The van der Waals surface area contributed by atoms with Crippen molar-refractivity contribution in [2.24, 2.45) is 0 Å². The number of hydrogen-bond donors (Lipinski definition) is 0. The summed E-state index contributed by atoms with van der Waals surface area (Å²) >= 11 is 0. The Hall–Kier alpha value is -1.92. The molecule has 10 nitrogen and oxygen atoms in total. The van der Waals surface area contributed by atoms with E-state index >= 15 is 0 Å². The first-order valence-electron chi connectivity index (χ1n) is 10.6. The van der Waals surface area contributed by atoms with Crippen LogP contribution in [-0.4, -0.2) is 94.6 Å². The average molecular weight is 455 g/mol. The molecular weight excluding hydrogens is 428 g/mol. The Morgan fingerprint density at radius 3 is 2.39 bits per heavy atom. The summed E-state index contributed by atoms with van der Waals surface area (Å²) in [6, 6.07) is 4.51. The highest BCUT2D eigenvalue weighted by Gasteiger charge is 2.43. The van der Waals surface area contributed by atoms with E-state index < -0.39 is 21.9 Å². The highest BCUT2D eigenvalue weighted by molar-refractivity contribution is 7.89. The summed E-state index contributed by atoms with van der Waals surface area (Å²) in [5, 5.41) is 0. The summed E-state index contributed by atoms with van der Waals surface area (Å²) in [7, 11) is -3.69. The largest absolute Gasteiger partial charge is 0.485 e.